The van der Waals surface area contributed by atoms with Crippen LogP contribution in [0.15, 0.2) is 45.5 Å². The number of piperidine rings is 1. The van der Waals surface area contributed by atoms with E-state index in [1.807, 2.05) is 0 Å². The molecule has 1 fully saturated rings. The number of benzene rings is 1. The summed E-state index contributed by atoms with van der Waals surface area (Å²) in [4.78, 5) is 15.3. The minimum Gasteiger partial charge on any atom is -0.329 e. The zero-order chi connectivity index (χ0) is 18.0. The Morgan fingerprint density at radius 3 is 2.56 bits per heavy atom. The van der Waals surface area contributed by atoms with Crippen molar-refractivity contribution in [2.45, 2.75) is 34.2 Å². The molecule has 1 aromatic heterocycles. The largest absolute Gasteiger partial charge is 0.329 e. The van der Waals surface area contributed by atoms with Gasteiger partial charge in [-0.25, -0.2) is 13.4 Å². The summed E-state index contributed by atoms with van der Waals surface area (Å²) in [6.45, 7) is 0.916. The van der Waals surface area contributed by atoms with Crippen molar-refractivity contribution in [3.05, 3.63) is 40.7 Å². The highest BCUT2D eigenvalue weighted by Crippen LogP contribution is 2.36. The maximum Gasteiger partial charge on any atom is 0.284 e. The zero-order valence-corrected chi connectivity index (χ0v) is 15.3. The van der Waals surface area contributed by atoms with Crippen LogP contribution in [0.1, 0.15) is 19.3 Å². The molecule has 0 bridgehead atoms. The first-order valence-electron chi connectivity index (χ1n) is 7.83. The third-order valence-corrected chi connectivity index (χ3v) is 7.09. The topological polar surface area (TPSA) is 98.3 Å². The van der Waals surface area contributed by atoms with E-state index in [-0.39, 0.29) is 10.6 Å². The first kappa shape index (κ1) is 17.9. The summed E-state index contributed by atoms with van der Waals surface area (Å²) in [6, 6.07) is 4.06. The van der Waals surface area contributed by atoms with Gasteiger partial charge >= 0.3 is 0 Å². The van der Waals surface area contributed by atoms with Crippen LogP contribution in [0, 0.1) is 10.1 Å². The van der Waals surface area contributed by atoms with Crippen molar-refractivity contribution in [3.8, 4) is 0 Å². The predicted molar refractivity (Wildman–Crippen MR) is 93.0 cm³/mol. The van der Waals surface area contributed by atoms with Gasteiger partial charge in [0.1, 0.15) is 0 Å². The average Bonchev–Trinajstić information content (AvgIpc) is 3.00. The lowest BCUT2D eigenvalue weighted by Gasteiger charge is -2.25. The molecule has 0 atom stereocenters. The number of hydrogen-bond donors (Lipinski definition) is 0. The van der Waals surface area contributed by atoms with E-state index in [0.29, 0.717) is 23.1 Å². The molecule has 1 aliphatic heterocycles. The highest BCUT2D eigenvalue weighted by molar-refractivity contribution is 7.99. The Labute approximate surface area is 150 Å². The summed E-state index contributed by atoms with van der Waals surface area (Å²) >= 11 is 1.13. The lowest BCUT2D eigenvalue weighted by Crippen LogP contribution is -2.35. The number of hydrogen-bond acceptors (Lipinski definition) is 6. The van der Waals surface area contributed by atoms with Gasteiger partial charge in [0.25, 0.3) is 5.69 Å². The molecule has 10 heteroatoms. The number of aromatic nitrogens is 2. The van der Waals surface area contributed by atoms with Gasteiger partial charge in [-0.3, -0.25) is 10.1 Å². The molecule has 0 radical (unpaired) electrons. The molecule has 2 heterocycles. The summed E-state index contributed by atoms with van der Waals surface area (Å²) in [5.41, 5.74) is -0.230. The molecule has 1 aromatic carbocycles. The van der Waals surface area contributed by atoms with Crippen LogP contribution < -0.4 is 0 Å². The number of aryl methyl sites for hydroxylation is 1. The molecule has 0 unspecified atom stereocenters. The second kappa shape index (κ2) is 7.14. The van der Waals surface area contributed by atoms with Gasteiger partial charge in [-0.05, 0) is 36.7 Å². The highest BCUT2D eigenvalue weighted by Gasteiger charge is 2.28. The molecule has 1 aliphatic rings. The fraction of sp³-hybridized carbons (Fsp3) is 0.400. The first-order valence-corrected chi connectivity index (χ1v) is 10.1. The molecule has 3 rings (SSSR count). The molecule has 0 aliphatic carbocycles. The van der Waals surface area contributed by atoms with Crippen LogP contribution in [-0.4, -0.2) is 40.3 Å². The SMILES string of the molecule is Cn1ccnc1Sc1ccc(S(=O)(=O)N2CCCCC2)cc1[N+](=O)[O-]. The molecular formula is C15H18N4O4S2. The smallest absolute Gasteiger partial charge is 0.284 e. The normalized spacial score (nSPS) is 16.0. The fourth-order valence-electron chi connectivity index (χ4n) is 2.69. The fourth-order valence-corrected chi connectivity index (χ4v) is 5.12. The molecule has 8 nitrogen and oxygen atoms in total. The molecule has 25 heavy (non-hydrogen) atoms. The molecule has 1 saturated heterocycles. The van der Waals surface area contributed by atoms with E-state index in [1.54, 1.807) is 24.0 Å². The zero-order valence-electron chi connectivity index (χ0n) is 13.7. The number of sulfonamides is 1. The molecule has 0 N–H and O–H groups in total. The van der Waals surface area contributed by atoms with Crippen LogP contribution in [0.3, 0.4) is 0 Å². The molecular weight excluding hydrogens is 364 g/mol. The maximum absolute atomic E-state index is 12.7. The van der Waals surface area contributed by atoms with E-state index in [9.17, 15) is 18.5 Å². The van der Waals surface area contributed by atoms with Gasteiger partial charge in [-0.2, -0.15) is 4.31 Å². The average molecular weight is 382 g/mol. The van der Waals surface area contributed by atoms with Crippen LogP contribution >= 0.6 is 11.8 Å². The minimum absolute atomic E-state index is 0.0368. The Kier molecular flexibility index (Phi) is 5.11. The Bertz CT molecular complexity index is 889. The van der Waals surface area contributed by atoms with E-state index < -0.39 is 14.9 Å². The summed E-state index contributed by atoms with van der Waals surface area (Å²) in [5, 5.41) is 12.0. The highest BCUT2D eigenvalue weighted by atomic mass is 32.2. The summed E-state index contributed by atoms with van der Waals surface area (Å²) in [5.74, 6) is 0. The first-order chi connectivity index (χ1) is 11.9. The van der Waals surface area contributed by atoms with Crippen molar-refractivity contribution in [3.63, 3.8) is 0 Å². The van der Waals surface area contributed by atoms with E-state index in [4.69, 9.17) is 0 Å². The van der Waals surface area contributed by atoms with Gasteiger partial charge < -0.3 is 4.57 Å². The number of nitrogens with zero attached hydrogens (tertiary/aromatic N) is 4. The second-order valence-corrected chi connectivity index (χ2v) is 8.72. The van der Waals surface area contributed by atoms with Crippen LogP contribution in [-0.2, 0) is 17.1 Å². The summed E-state index contributed by atoms with van der Waals surface area (Å²) < 4.78 is 28.6. The van der Waals surface area contributed by atoms with Crippen LogP contribution in [0.25, 0.3) is 0 Å². The minimum atomic E-state index is -3.71. The van der Waals surface area contributed by atoms with Crippen LogP contribution in [0.5, 0.6) is 0 Å². The lowest BCUT2D eigenvalue weighted by atomic mass is 10.2. The molecule has 134 valence electrons. The number of nitro groups is 1. The maximum atomic E-state index is 12.7. The Morgan fingerprint density at radius 2 is 1.96 bits per heavy atom. The monoisotopic (exact) mass is 382 g/mol. The second-order valence-electron chi connectivity index (χ2n) is 5.77. The standard InChI is InChI=1S/C15H18N4O4S2/c1-17-10-7-16-15(17)24-14-6-5-12(11-13(14)19(20)21)25(22,23)18-8-3-2-4-9-18/h5-7,10-11H,2-4,8-9H2,1H3. The van der Waals surface area contributed by atoms with E-state index in [0.717, 1.165) is 37.1 Å². The van der Waals surface area contributed by atoms with Crippen molar-refractivity contribution in [2.24, 2.45) is 7.05 Å². The third kappa shape index (κ3) is 3.70. The van der Waals surface area contributed by atoms with Crippen LogP contribution in [0.4, 0.5) is 5.69 Å². The number of imidazole rings is 1. The molecule has 0 spiro atoms. The Morgan fingerprint density at radius 1 is 1.24 bits per heavy atom. The van der Waals surface area contributed by atoms with Crippen LogP contribution in [0.2, 0.25) is 0 Å². The van der Waals surface area contributed by atoms with Crippen molar-refractivity contribution < 1.29 is 13.3 Å². The number of rotatable bonds is 5. The Hall–Kier alpha value is -1.91. The van der Waals surface area contributed by atoms with Gasteiger partial charge in [0.2, 0.25) is 10.0 Å². The molecule has 0 saturated carbocycles. The Balaban J connectivity index is 1.96. The lowest BCUT2D eigenvalue weighted by molar-refractivity contribution is -0.388. The van der Waals surface area contributed by atoms with E-state index in [2.05, 4.69) is 4.98 Å². The van der Waals surface area contributed by atoms with E-state index in [1.165, 1.54) is 16.4 Å². The van der Waals surface area contributed by atoms with Gasteiger partial charge in [0.05, 0.1) is 14.7 Å². The summed E-state index contributed by atoms with van der Waals surface area (Å²) in [7, 11) is -1.92. The molecule has 0 amide bonds. The van der Waals surface area contributed by atoms with Gasteiger partial charge in [0.15, 0.2) is 5.16 Å². The van der Waals surface area contributed by atoms with Crippen molar-refractivity contribution >= 4 is 27.5 Å². The quantitative estimate of drug-likeness (QED) is 0.582. The third-order valence-electron chi connectivity index (χ3n) is 4.06. The van der Waals surface area contributed by atoms with Gasteiger partial charge in [0, 0.05) is 38.6 Å². The van der Waals surface area contributed by atoms with Gasteiger partial charge in [-0.15, -0.1) is 0 Å². The van der Waals surface area contributed by atoms with Crippen molar-refractivity contribution in [2.75, 3.05) is 13.1 Å². The molecule has 2 aromatic rings. The van der Waals surface area contributed by atoms with Gasteiger partial charge in [-0.1, -0.05) is 6.42 Å². The summed E-state index contributed by atoms with van der Waals surface area (Å²) in [6.07, 6.45) is 5.97. The van der Waals surface area contributed by atoms with Crippen molar-refractivity contribution in [1.82, 2.24) is 13.9 Å². The van der Waals surface area contributed by atoms with Crippen molar-refractivity contribution in [1.29, 1.82) is 0 Å². The van der Waals surface area contributed by atoms with E-state index >= 15 is 0 Å². The number of nitro benzene ring substituents is 1. The predicted octanol–water partition coefficient (Wildman–Crippen LogP) is 2.65.